The SMILES string of the molecule is CCOC(=O)c1c(C)[nH]c(C)c1C(=O)COC(=O)c1cc(=O)c2ccccc2o1. The van der Waals surface area contributed by atoms with Gasteiger partial charge in [0.2, 0.25) is 11.5 Å². The summed E-state index contributed by atoms with van der Waals surface area (Å²) >= 11 is 0. The number of esters is 2. The first-order valence-electron chi connectivity index (χ1n) is 8.93. The molecule has 29 heavy (non-hydrogen) atoms. The second kappa shape index (κ2) is 8.14. The van der Waals surface area contributed by atoms with Crippen LogP contribution >= 0.6 is 0 Å². The van der Waals surface area contributed by atoms with Gasteiger partial charge in [0.1, 0.15) is 5.58 Å². The van der Waals surface area contributed by atoms with Crippen molar-refractivity contribution in [3.8, 4) is 0 Å². The third kappa shape index (κ3) is 3.96. The molecule has 150 valence electrons. The fourth-order valence-electron chi connectivity index (χ4n) is 3.07. The fourth-order valence-corrected chi connectivity index (χ4v) is 3.07. The Bertz CT molecular complexity index is 1170. The van der Waals surface area contributed by atoms with Gasteiger partial charge in [-0.15, -0.1) is 0 Å². The van der Waals surface area contributed by atoms with Crippen molar-refractivity contribution in [2.24, 2.45) is 0 Å². The number of nitrogens with one attached hydrogen (secondary N) is 1. The molecule has 0 bridgehead atoms. The molecule has 0 radical (unpaired) electrons. The minimum absolute atomic E-state index is 0.105. The summed E-state index contributed by atoms with van der Waals surface area (Å²) in [6.07, 6.45) is 0. The lowest BCUT2D eigenvalue weighted by molar-refractivity contribution is 0.0443. The Labute approximate surface area is 165 Å². The summed E-state index contributed by atoms with van der Waals surface area (Å²) in [6.45, 7) is 4.47. The van der Waals surface area contributed by atoms with Crippen LogP contribution in [-0.4, -0.2) is 35.9 Å². The predicted molar refractivity (Wildman–Crippen MR) is 103 cm³/mol. The van der Waals surface area contributed by atoms with Crippen LogP contribution < -0.4 is 5.43 Å². The molecule has 3 rings (SSSR count). The van der Waals surface area contributed by atoms with Gasteiger partial charge < -0.3 is 18.9 Å². The zero-order chi connectivity index (χ0) is 21.1. The molecule has 8 heteroatoms. The van der Waals surface area contributed by atoms with Crippen LogP contribution in [0.3, 0.4) is 0 Å². The Hall–Kier alpha value is -3.68. The number of ether oxygens (including phenoxy) is 2. The molecule has 0 spiro atoms. The van der Waals surface area contributed by atoms with Crippen molar-refractivity contribution in [1.29, 1.82) is 0 Å². The van der Waals surface area contributed by atoms with Crippen LogP contribution in [0.5, 0.6) is 0 Å². The number of ketones is 1. The molecule has 2 heterocycles. The van der Waals surface area contributed by atoms with Gasteiger partial charge in [-0.25, -0.2) is 9.59 Å². The zero-order valence-corrected chi connectivity index (χ0v) is 16.2. The third-order valence-corrected chi connectivity index (χ3v) is 4.30. The van der Waals surface area contributed by atoms with Crippen LogP contribution in [0.1, 0.15) is 49.6 Å². The second-order valence-electron chi connectivity index (χ2n) is 6.32. The molecule has 1 aromatic carbocycles. The smallest absolute Gasteiger partial charge is 0.374 e. The summed E-state index contributed by atoms with van der Waals surface area (Å²) < 4.78 is 15.4. The Morgan fingerprint density at radius 3 is 2.41 bits per heavy atom. The number of Topliss-reactive ketones (excluding diaryl/α,β-unsaturated/α-hetero) is 1. The van der Waals surface area contributed by atoms with E-state index >= 15 is 0 Å². The normalized spacial score (nSPS) is 10.7. The highest BCUT2D eigenvalue weighted by Crippen LogP contribution is 2.21. The van der Waals surface area contributed by atoms with Gasteiger partial charge in [0, 0.05) is 17.5 Å². The van der Waals surface area contributed by atoms with Gasteiger partial charge in [-0.3, -0.25) is 9.59 Å². The summed E-state index contributed by atoms with van der Waals surface area (Å²) in [5.41, 5.74) is 1.00. The third-order valence-electron chi connectivity index (χ3n) is 4.30. The molecule has 8 nitrogen and oxygen atoms in total. The van der Waals surface area contributed by atoms with E-state index in [0.717, 1.165) is 6.07 Å². The highest BCUT2D eigenvalue weighted by atomic mass is 16.5. The van der Waals surface area contributed by atoms with Crippen molar-refractivity contribution < 1.29 is 28.3 Å². The number of carbonyl (C=O) groups excluding carboxylic acids is 3. The van der Waals surface area contributed by atoms with Crippen molar-refractivity contribution in [2.75, 3.05) is 13.2 Å². The van der Waals surface area contributed by atoms with Crippen molar-refractivity contribution in [2.45, 2.75) is 20.8 Å². The lowest BCUT2D eigenvalue weighted by Gasteiger charge is -2.07. The van der Waals surface area contributed by atoms with Gasteiger partial charge >= 0.3 is 11.9 Å². The highest BCUT2D eigenvalue weighted by Gasteiger charge is 2.26. The van der Waals surface area contributed by atoms with E-state index in [2.05, 4.69) is 4.98 Å². The number of aromatic nitrogens is 1. The van der Waals surface area contributed by atoms with Crippen molar-refractivity contribution in [3.63, 3.8) is 0 Å². The molecule has 0 saturated heterocycles. The average molecular weight is 397 g/mol. The maximum Gasteiger partial charge on any atom is 0.374 e. The average Bonchev–Trinajstić information content (AvgIpc) is 3.00. The molecule has 0 atom stereocenters. The molecule has 2 aromatic heterocycles. The monoisotopic (exact) mass is 397 g/mol. The molecule has 0 aliphatic carbocycles. The van der Waals surface area contributed by atoms with E-state index in [1.54, 1.807) is 45.0 Å². The molecule has 0 saturated carbocycles. The standard InChI is InChI=1S/C21H19NO7/c1-4-27-21(26)19-12(3)22-11(2)18(19)15(24)10-28-20(25)17-9-14(23)13-7-5-6-8-16(13)29-17/h5-9,22H,4,10H2,1-3H3. The van der Waals surface area contributed by atoms with Gasteiger partial charge in [0.25, 0.3) is 0 Å². The molecule has 0 fully saturated rings. The van der Waals surface area contributed by atoms with Crippen LogP contribution in [0.25, 0.3) is 11.0 Å². The predicted octanol–water partition coefficient (Wildman–Crippen LogP) is 2.95. The molecule has 1 N–H and O–H groups in total. The summed E-state index contributed by atoms with van der Waals surface area (Å²) in [5.74, 6) is -2.48. The van der Waals surface area contributed by atoms with E-state index in [-0.39, 0.29) is 29.1 Å². The van der Waals surface area contributed by atoms with Gasteiger partial charge in [-0.1, -0.05) is 12.1 Å². The number of hydrogen-bond acceptors (Lipinski definition) is 7. The van der Waals surface area contributed by atoms with Crippen LogP contribution in [-0.2, 0) is 9.47 Å². The minimum Gasteiger partial charge on any atom is -0.462 e. The number of aromatic amines is 1. The maximum absolute atomic E-state index is 12.6. The summed E-state index contributed by atoms with van der Waals surface area (Å²) in [7, 11) is 0. The summed E-state index contributed by atoms with van der Waals surface area (Å²) in [6, 6.07) is 7.49. The molecular formula is C21H19NO7. The van der Waals surface area contributed by atoms with E-state index in [1.807, 2.05) is 0 Å². The van der Waals surface area contributed by atoms with Crippen LogP contribution in [0.15, 0.2) is 39.5 Å². The number of aryl methyl sites for hydroxylation is 2. The Morgan fingerprint density at radius 2 is 1.69 bits per heavy atom. The quantitative estimate of drug-likeness (QED) is 0.502. The Morgan fingerprint density at radius 1 is 1.00 bits per heavy atom. The first kappa shape index (κ1) is 20.1. The van der Waals surface area contributed by atoms with Crippen molar-refractivity contribution in [3.05, 3.63) is 68.8 Å². The molecule has 0 aliphatic rings. The van der Waals surface area contributed by atoms with E-state index in [4.69, 9.17) is 13.9 Å². The molecule has 0 aliphatic heterocycles. The number of benzene rings is 1. The molecule has 0 unspecified atom stereocenters. The van der Waals surface area contributed by atoms with E-state index in [0.29, 0.717) is 16.8 Å². The van der Waals surface area contributed by atoms with E-state index < -0.39 is 29.8 Å². The number of para-hydroxylation sites is 1. The molecule has 3 aromatic rings. The van der Waals surface area contributed by atoms with Crippen LogP contribution in [0.4, 0.5) is 0 Å². The second-order valence-corrected chi connectivity index (χ2v) is 6.32. The maximum atomic E-state index is 12.6. The zero-order valence-electron chi connectivity index (χ0n) is 16.2. The lowest BCUT2D eigenvalue weighted by Crippen LogP contribution is -2.19. The van der Waals surface area contributed by atoms with E-state index in [9.17, 15) is 19.2 Å². The fraction of sp³-hybridized carbons (Fsp3) is 0.238. The molecule has 0 amide bonds. The van der Waals surface area contributed by atoms with Gasteiger partial charge in [-0.05, 0) is 32.9 Å². The number of fused-ring (bicyclic) bond motifs is 1. The number of carbonyl (C=O) groups is 3. The highest BCUT2D eigenvalue weighted by molar-refractivity contribution is 6.09. The first-order valence-corrected chi connectivity index (χ1v) is 8.93. The van der Waals surface area contributed by atoms with Gasteiger partial charge in [-0.2, -0.15) is 0 Å². The number of H-pyrrole nitrogens is 1. The topological polar surface area (TPSA) is 116 Å². The summed E-state index contributed by atoms with van der Waals surface area (Å²) in [4.78, 5) is 52.1. The summed E-state index contributed by atoms with van der Waals surface area (Å²) in [5, 5.41) is 0.331. The molecular weight excluding hydrogens is 378 g/mol. The minimum atomic E-state index is -0.955. The number of hydrogen-bond donors (Lipinski definition) is 1. The van der Waals surface area contributed by atoms with Crippen LogP contribution in [0, 0.1) is 13.8 Å². The van der Waals surface area contributed by atoms with Crippen LogP contribution in [0.2, 0.25) is 0 Å². The lowest BCUT2D eigenvalue weighted by atomic mass is 10.1. The largest absolute Gasteiger partial charge is 0.462 e. The Balaban J connectivity index is 1.80. The van der Waals surface area contributed by atoms with Crippen molar-refractivity contribution >= 4 is 28.7 Å². The van der Waals surface area contributed by atoms with E-state index in [1.165, 1.54) is 0 Å². The first-order chi connectivity index (χ1) is 13.8. The Kier molecular flexibility index (Phi) is 5.63. The van der Waals surface area contributed by atoms with Gasteiger partial charge in [0.05, 0.1) is 23.1 Å². The van der Waals surface area contributed by atoms with Gasteiger partial charge in [0.15, 0.2) is 12.0 Å². The van der Waals surface area contributed by atoms with Crippen molar-refractivity contribution in [1.82, 2.24) is 4.98 Å². The number of rotatable bonds is 6.